The van der Waals surface area contributed by atoms with E-state index >= 15 is 0 Å². The Morgan fingerprint density at radius 3 is 2.63 bits per heavy atom. The summed E-state index contributed by atoms with van der Waals surface area (Å²) >= 11 is 0. The van der Waals surface area contributed by atoms with Crippen LogP contribution in [0, 0.1) is 12.7 Å². The molecule has 0 spiro atoms. The van der Waals surface area contributed by atoms with Crippen molar-refractivity contribution in [2.45, 2.75) is 39.3 Å². The van der Waals surface area contributed by atoms with Crippen LogP contribution >= 0.6 is 0 Å². The maximum atomic E-state index is 13.6. The highest BCUT2D eigenvalue weighted by molar-refractivity contribution is 6.08. The minimum absolute atomic E-state index is 0.199. The summed E-state index contributed by atoms with van der Waals surface area (Å²) in [6.45, 7) is 5.11. The number of halogens is 1. The molecule has 1 aliphatic heterocycles. The molecule has 2 atom stereocenters. The van der Waals surface area contributed by atoms with Crippen LogP contribution in [0.15, 0.2) is 18.2 Å². The number of carbonyl (C=O) groups excluding carboxylic acids is 2. The van der Waals surface area contributed by atoms with Crippen LogP contribution in [0.2, 0.25) is 0 Å². The van der Waals surface area contributed by atoms with E-state index in [0.29, 0.717) is 17.7 Å². The molecular weight excluding hydrogens is 247 g/mol. The third-order valence-electron chi connectivity index (χ3n) is 3.40. The fraction of sp³-hybridized carbons (Fsp3) is 0.429. The zero-order valence-electron chi connectivity index (χ0n) is 11.2. The van der Waals surface area contributed by atoms with Crippen LogP contribution in [0.1, 0.15) is 25.8 Å². The Balaban J connectivity index is 2.45. The van der Waals surface area contributed by atoms with Crippen molar-refractivity contribution in [3.05, 3.63) is 29.6 Å². The fourth-order valence-electron chi connectivity index (χ4n) is 2.26. The molecule has 1 N–H and O–H groups in total. The number of aryl methyl sites for hydroxylation is 1. The van der Waals surface area contributed by atoms with E-state index in [1.807, 2.05) is 6.92 Å². The van der Waals surface area contributed by atoms with Crippen LogP contribution in [-0.2, 0) is 9.59 Å². The van der Waals surface area contributed by atoms with E-state index in [9.17, 15) is 14.0 Å². The van der Waals surface area contributed by atoms with Gasteiger partial charge in [0.25, 0.3) is 0 Å². The van der Waals surface area contributed by atoms with Crippen molar-refractivity contribution < 1.29 is 14.0 Å². The van der Waals surface area contributed by atoms with Crippen LogP contribution in [0.3, 0.4) is 0 Å². The summed E-state index contributed by atoms with van der Waals surface area (Å²) in [5, 5.41) is 2.63. The van der Waals surface area contributed by atoms with E-state index in [2.05, 4.69) is 5.32 Å². The lowest BCUT2D eigenvalue weighted by atomic mass is 10.0. The SMILES string of the molecule is CCC1C(=O)NC(C)C(=O)N1c1ccc(C)c(F)c1. The number of rotatable bonds is 2. The van der Waals surface area contributed by atoms with Gasteiger partial charge in [-0.3, -0.25) is 14.5 Å². The van der Waals surface area contributed by atoms with Gasteiger partial charge in [-0.2, -0.15) is 0 Å². The van der Waals surface area contributed by atoms with Crippen molar-refractivity contribution in [2.24, 2.45) is 0 Å². The molecule has 0 aromatic heterocycles. The number of nitrogens with one attached hydrogen (secondary N) is 1. The first kappa shape index (κ1) is 13.5. The number of nitrogens with zero attached hydrogens (tertiary/aromatic N) is 1. The largest absolute Gasteiger partial charge is 0.343 e. The van der Waals surface area contributed by atoms with Gasteiger partial charge in [0.2, 0.25) is 11.8 Å². The van der Waals surface area contributed by atoms with E-state index in [1.165, 1.54) is 11.0 Å². The van der Waals surface area contributed by atoms with E-state index in [4.69, 9.17) is 0 Å². The van der Waals surface area contributed by atoms with E-state index < -0.39 is 12.1 Å². The van der Waals surface area contributed by atoms with Gasteiger partial charge in [-0.25, -0.2) is 4.39 Å². The molecule has 1 aromatic carbocycles. The molecule has 1 aromatic rings. The molecule has 4 nitrogen and oxygen atoms in total. The lowest BCUT2D eigenvalue weighted by Gasteiger charge is -2.37. The monoisotopic (exact) mass is 264 g/mol. The van der Waals surface area contributed by atoms with Crippen molar-refractivity contribution in [3.8, 4) is 0 Å². The van der Waals surface area contributed by atoms with E-state index in [0.717, 1.165) is 0 Å². The zero-order valence-corrected chi connectivity index (χ0v) is 11.2. The normalized spacial score (nSPS) is 23.5. The predicted octanol–water partition coefficient (Wildman–Crippen LogP) is 1.76. The Labute approximate surface area is 111 Å². The summed E-state index contributed by atoms with van der Waals surface area (Å²) in [5.41, 5.74) is 0.945. The molecule has 0 radical (unpaired) electrons. The first-order valence-corrected chi connectivity index (χ1v) is 6.35. The van der Waals surface area contributed by atoms with Gasteiger partial charge in [-0.05, 0) is 38.0 Å². The summed E-state index contributed by atoms with van der Waals surface area (Å²) < 4.78 is 13.6. The third kappa shape index (κ3) is 2.32. The Morgan fingerprint density at radius 1 is 1.37 bits per heavy atom. The number of anilines is 1. The Morgan fingerprint density at radius 2 is 2.05 bits per heavy atom. The van der Waals surface area contributed by atoms with Crippen LogP contribution < -0.4 is 10.2 Å². The molecule has 1 fully saturated rings. The summed E-state index contributed by atoms with van der Waals surface area (Å²) in [5.74, 6) is -0.788. The summed E-state index contributed by atoms with van der Waals surface area (Å²) in [6.07, 6.45) is 0.486. The van der Waals surface area contributed by atoms with Gasteiger partial charge in [0.05, 0.1) is 0 Å². The Bertz CT molecular complexity index is 530. The first-order chi connectivity index (χ1) is 8.95. The molecule has 1 heterocycles. The van der Waals surface area contributed by atoms with Crippen molar-refractivity contribution >= 4 is 17.5 Å². The lowest BCUT2D eigenvalue weighted by molar-refractivity contribution is -0.133. The second-order valence-corrected chi connectivity index (χ2v) is 4.80. The highest BCUT2D eigenvalue weighted by Crippen LogP contribution is 2.25. The number of hydrogen-bond donors (Lipinski definition) is 1. The smallest absolute Gasteiger partial charge is 0.250 e. The molecule has 0 saturated carbocycles. The molecule has 102 valence electrons. The molecular formula is C14H17FN2O2. The van der Waals surface area contributed by atoms with Crippen LogP contribution in [0.4, 0.5) is 10.1 Å². The van der Waals surface area contributed by atoms with Gasteiger partial charge in [0, 0.05) is 5.69 Å². The minimum atomic E-state index is -0.584. The third-order valence-corrected chi connectivity index (χ3v) is 3.40. The second kappa shape index (κ2) is 4.99. The number of hydrogen-bond acceptors (Lipinski definition) is 2. The maximum absolute atomic E-state index is 13.6. The molecule has 1 aliphatic rings. The molecule has 1 saturated heterocycles. The molecule has 19 heavy (non-hydrogen) atoms. The van der Waals surface area contributed by atoms with Gasteiger partial charge >= 0.3 is 0 Å². The average Bonchev–Trinajstić information content (AvgIpc) is 2.37. The highest BCUT2D eigenvalue weighted by atomic mass is 19.1. The first-order valence-electron chi connectivity index (χ1n) is 6.35. The highest BCUT2D eigenvalue weighted by Gasteiger charge is 2.38. The Hall–Kier alpha value is -1.91. The van der Waals surface area contributed by atoms with Gasteiger partial charge in [0.1, 0.15) is 17.9 Å². The number of amides is 2. The van der Waals surface area contributed by atoms with Crippen molar-refractivity contribution in [3.63, 3.8) is 0 Å². The number of piperazine rings is 1. The quantitative estimate of drug-likeness (QED) is 0.885. The lowest BCUT2D eigenvalue weighted by Crippen LogP contribution is -2.62. The van der Waals surface area contributed by atoms with Gasteiger partial charge in [0.15, 0.2) is 0 Å². The molecule has 2 rings (SSSR count). The van der Waals surface area contributed by atoms with Crippen molar-refractivity contribution in [1.29, 1.82) is 0 Å². The van der Waals surface area contributed by atoms with E-state index in [-0.39, 0.29) is 17.6 Å². The summed E-state index contributed by atoms with van der Waals surface area (Å²) in [6, 6.07) is 3.43. The van der Waals surface area contributed by atoms with E-state index in [1.54, 1.807) is 26.0 Å². The molecule has 5 heteroatoms. The number of carbonyl (C=O) groups is 2. The van der Waals surface area contributed by atoms with Gasteiger partial charge in [-0.1, -0.05) is 13.0 Å². The maximum Gasteiger partial charge on any atom is 0.250 e. The Kier molecular flexibility index (Phi) is 3.55. The molecule has 0 aliphatic carbocycles. The van der Waals surface area contributed by atoms with Gasteiger partial charge in [-0.15, -0.1) is 0 Å². The average molecular weight is 264 g/mol. The standard InChI is InChI=1S/C14H17FN2O2/c1-4-12-13(18)16-9(3)14(19)17(12)10-6-5-8(2)11(15)7-10/h5-7,9,12H,4H2,1-3H3,(H,16,18). The second-order valence-electron chi connectivity index (χ2n) is 4.80. The fourth-order valence-corrected chi connectivity index (χ4v) is 2.26. The minimum Gasteiger partial charge on any atom is -0.343 e. The zero-order chi connectivity index (χ0) is 14.2. The van der Waals surface area contributed by atoms with Crippen molar-refractivity contribution in [1.82, 2.24) is 5.32 Å². The summed E-state index contributed by atoms with van der Waals surface area (Å²) in [7, 11) is 0. The van der Waals surface area contributed by atoms with Crippen LogP contribution in [-0.4, -0.2) is 23.9 Å². The topological polar surface area (TPSA) is 49.4 Å². The van der Waals surface area contributed by atoms with Crippen LogP contribution in [0.25, 0.3) is 0 Å². The molecule has 2 amide bonds. The van der Waals surface area contributed by atoms with Crippen LogP contribution in [0.5, 0.6) is 0 Å². The predicted molar refractivity (Wildman–Crippen MR) is 70.3 cm³/mol. The van der Waals surface area contributed by atoms with Crippen molar-refractivity contribution in [2.75, 3.05) is 4.90 Å². The summed E-state index contributed by atoms with van der Waals surface area (Å²) in [4.78, 5) is 25.5. The number of benzene rings is 1. The molecule has 2 unspecified atom stereocenters. The van der Waals surface area contributed by atoms with Gasteiger partial charge < -0.3 is 5.32 Å². The molecule has 0 bridgehead atoms.